The number of fused-ring (bicyclic) bond motifs is 1. The first-order valence-corrected chi connectivity index (χ1v) is 8.20. The van der Waals surface area contributed by atoms with E-state index in [1.165, 1.54) is 6.07 Å². The van der Waals surface area contributed by atoms with Gasteiger partial charge in [-0.3, -0.25) is 4.79 Å². The Balaban J connectivity index is 1.94. The van der Waals surface area contributed by atoms with E-state index in [1.54, 1.807) is 0 Å². The van der Waals surface area contributed by atoms with Gasteiger partial charge in [-0.15, -0.1) is 0 Å². The summed E-state index contributed by atoms with van der Waals surface area (Å²) in [6.45, 7) is 3.50. The lowest BCUT2D eigenvalue weighted by atomic mass is 10.2. The zero-order chi connectivity index (χ0) is 17.6. The molecule has 0 unspecified atom stereocenters. The van der Waals surface area contributed by atoms with E-state index in [0.717, 1.165) is 11.0 Å². The third kappa shape index (κ3) is 2.88. The molecular formula is C15H12BrClF2N2O3. The number of urea groups is 1. The molecule has 0 aromatic heterocycles. The predicted octanol–water partition coefficient (Wildman–Crippen LogP) is 3.65. The van der Waals surface area contributed by atoms with Crippen molar-refractivity contribution in [1.82, 2.24) is 4.90 Å². The monoisotopic (exact) mass is 420 g/mol. The maximum absolute atomic E-state index is 14.3. The van der Waals surface area contributed by atoms with Crippen LogP contribution >= 0.6 is 27.5 Å². The summed E-state index contributed by atoms with van der Waals surface area (Å²) in [5.41, 5.74) is -0.269. The largest absolute Gasteiger partial charge is 0.487 e. The predicted molar refractivity (Wildman–Crippen MR) is 87.9 cm³/mol. The van der Waals surface area contributed by atoms with Gasteiger partial charge in [0.15, 0.2) is 0 Å². The molecule has 0 radical (unpaired) electrons. The van der Waals surface area contributed by atoms with Crippen molar-refractivity contribution in [2.24, 2.45) is 0 Å². The number of halogens is 4. The smallest absolute Gasteiger partial charge is 0.332 e. The Kier molecular flexibility index (Phi) is 4.52. The van der Waals surface area contributed by atoms with Crippen molar-refractivity contribution in [2.75, 3.05) is 18.1 Å². The van der Waals surface area contributed by atoms with Gasteiger partial charge in [0.25, 0.3) is 5.91 Å². The van der Waals surface area contributed by atoms with Crippen LogP contribution in [0.4, 0.5) is 19.3 Å². The molecule has 0 N–H and O–H groups in total. The van der Waals surface area contributed by atoms with Gasteiger partial charge in [0.1, 0.15) is 30.4 Å². The number of benzene rings is 1. The molecule has 0 saturated carbocycles. The zero-order valence-corrected chi connectivity index (χ0v) is 14.6. The molecule has 2 atom stereocenters. The molecule has 1 aromatic rings. The van der Waals surface area contributed by atoms with E-state index >= 15 is 0 Å². The van der Waals surface area contributed by atoms with Gasteiger partial charge in [-0.2, -0.15) is 0 Å². The van der Waals surface area contributed by atoms with Crippen LogP contribution in [0.15, 0.2) is 23.2 Å². The summed E-state index contributed by atoms with van der Waals surface area (Å²) in [5, 5.41) is -0.00609. The average molecular weight is 422 g/mol. The fraction of sp³-hybridized carbons (Fsp3) is 0.333. The molecule has 2 aliphatic rings. The number of hydrogen-bond donors (Lipinski definition) is 0. The summed E-state index contributed by atoms with van der Waals surface area (Å²) in [6.07, 6.45) is -1.33. The molecule has 2 aliphatic heterocycles. The quantitative estimate of drug-likeness (QED) is 0.698. The molecule has 1 aromatic carbocycles. The number of carbonyl (C=O) groups is 2. The van der Waals surface area contributed by atoms with Crippen LogP contribution in [0.2, 0.25) is 5.02 Å². The van der Waals surface area contributed by atoms with E-state index in [1.807, 2.05) is 0 Å². The highest BCUT2D eigenvalue weighted by Crippen LogP contribution is 2.38. The summed E-state index contributed by atoms with van der Waals surface area (Å²) in [6, 6.07) is 0.500. The molecule has 0 spiro atoms. The van der Waals surface area contributed by atoms with Crippen molar-refractivity contribution in [3.63, 3.8) is 0 Å². The molecule has 3 amide bonds. The van der Waals surface area contributed by atoms with Crippen LogP contribution in [0.5, 0.6) is 5.75 Å². The lowest BCUT2D eigenvalue weighted by Crippen LogP contribution is -2.35. The third-order valence-corrected chi connectivity index (χ3v) is 4.34. The van der Waals surface area contributed by atoms with Crippen LogP contribution in [-0.4, -0.2) is 42.2 Å². The number of hydrogen-bond acceptors (Lipinski definition) is 3. The molecule has 3 rings (SSSR count). The Morgan fingerprint density at radius 1 is 1.46 bits per heavy atom. The van der Waals surface area contributed by atoms with Crippen LogP contribution in [0.1, 0.15) is 6.42 Å². The first-order chi connectivity index (χ1) is 11.3. The van der Waals surface area contributed by atoms with E-state index in [4.69, 9.17) is 16.3 Å². The number of ether oxygens (including phenoxy) is 1. The zero-order valence-electron chi connectivity index (χ0n) is 12.3. The van der Waals surface area contributed by atoms with Crippen LogP contribution in [0, 0.1) is 5.82 Å². The minimum Gasteiger partial charge on any atom is -0.487 e. The van der Waals surface area contributed by atoms with Gasteiger partial charge < -0.3 is 9.64 Å². The highest BCUT2D eigenvalue weighted by molar-refractivity contribution is 9.11. The number of nitrogens with zero attached hydrogens (tertiary/aromatic N) is 2. The van der Waals surface area contributed by atoms with Crippen LogP contribution in [-0.2, 0) is 4.79 Å². The summed E-state index contributed by atoms with van der Waals surface area (Å²) in [5.74, 6) is -1.40. The first-order valence-electron chi connectivity index (χ1n) is 7.03. The molecule has 9 heteroatoms. The van der Waals surface area contributed by atoms with Crippen molar-refractivity contribution >= 4 is 45.2 Å². The second-order valence-electron chi connectivity index (χ2n) is 5.50. The normalized spacial score (nSPS) is 23.0. The number of amides is 3. The van der Waals surface area contributed by atoms with Crippen molar-refractivity contribution in [2.45, 2.75) is 18.6 Å². The second-order valence-corrected chi connectivity index (χ2v) is 7.03. The minimum atomic E-state index is -1.25. The van der Waals surface area contributed by atoms with Crippen molar-refractivity contribution < 1.29 is 23.1 Å². The third-order valence-electron chi connectivity index (χ3n) is 3.82. The van der Waals surface area contributed by atoms with Crippen LogP contribution < -0.4 is 9.64 Å². The van der Waals surface area contributed by atoms with Gasteiger partial charge in [-0.25, -0.2) is 18.5 Å². The lowest BCUT2D eigenvalue weighted by molar-refractivity contribution is -0.119. The summed E-state index contributed by atoms with van der Waals surface area (Å²) >= 11 is 9.04. The van der Waals surface area contributed by atoms with E-state index < -0.39 is 30.0 Å². The number of rotatable bonds is 4. The van der Waals surface area contributed by atoms with Crippen molar-refractivity contribution in [1.29, 1.82) is 0 Å². The number of carbonyl (C=O) groups excluding carboxylic acids is 2. The summed E-state index contributed by atoms with van der Waals surface area (Å²) in [7, 11) is 0. The first kappa shape index (κ1) is 17.2. The Bertz CT molecular complexity index is 722. The number of alkyl halides is 1. The lowest BCUT2D eigenvalue weighted by Gasteiger charge is -2.18. The molecular weight excluding hydrogens is 410 g/mol. The Hall–Kier alpha value is -1.67. The minimum absolute atomic E-state index is 0.00609. The van der Waals surface area contributed by atoms with E-state index in [2.05, 4.69) is 22.5 Å². The highest BCUT2D eigenvalue weighted by atomic mass is 79.9. The van der Waals surface area contributed by atoms with Gasteiger partial charge in [0.05, 0.1) is 17.3 Å². The molecule has 2 saturated heterocycles. The van der Waals surface area contributed by atoms with Crippen molar-refractivity contribution in [3.05, 3.63) is 34.0 Å². The molecule has 24 heavy (non-hydrogen) atoms. The molecule has 0 aliphatic carbocycles. The van der Waals surface area contributed by atoms with Gasteiger partial charge in [-0.1, -0.05) is 34.1 Å². The number of anilines is 1. The highest BCUT2D eigenvalue weighted by Gasteiger charge is 2.52. The van der Waals surface area contributed by atoms with Gasteiger partial charge in [0, 0.05) is 17.0 Å². The standard InChI is InChI=1S/C15H12BrClF2N2O3/c1-7(16)6-24-13-4-11(10(19)3-9(13)17)21-14(22)12-2-8(18)5-20(12)15(21)23/h3-4,8,12H,1-2,5-6H2/t8-,12-/m0/s1. The maximum atomic E-state index is 14.3. The fourth-order valence-electron chi connectivity index (χ4n) is 2.78. The van der Waals surface area contributed by atoms with Gasteiger partial charge in [0.2, 0.25) is 0 Å². The van der Waals surface area contributed by atoms with E-state index in [9.17, 15) is 18.4 Å². The van der Waals surface area contributed by atoms with Crippen LogP contribution in [0.3, 0.4) is 0 Å². The molecule has 2 heterocycles. The molecule has 128 valence electrons. The SMILES string of the molecule is C=C(Br)COc1cc(N2C(=O)[C@@H]3C[C@H](F)CN3C2=O)c(F)cc1Cl. The van der Waals surface area contributed by atoms with Crippen LogP contribution in [0.25, 0.3) is 0 Å². The van der Waals surface area contributed by atoms with E-state index in [-0.39, 0.29) is 36.0 Å². The van der Waals surface area contributed by atoms with Crippen molar-refractivity contribution in [3.8, 4) is 5.75 Å². The van der Waals surface area contributed by atoms with Gasteiger partial charge in [-0.05, 0) is 6.07 Å². The topological polar surface area (TPSA) is 49.9 Å². The second kappa shape index (κ2) is 6.33. The Morgan fingerprint density at radius 3 is 2.79 bits per heavy atom. The van der Waals surface area contributed by atoms with E-state index in [0.29, 0.717) is 9.38 Å². The Labute approximate surface area is 149 Å². The fourth-order valence-corrected chi connectivity index (χ4v) is 3.10. The molecule has 5 nitrogen and oxygen atoms in total. The summed E-state index contributed by atoms with van der Waals surface area (Å²) in [4.78, 5) is 26.6. The Morgan fingerprint density at radius 2 is 2.17 bits per heavy atom. The molecule has 2 fully saturated rings. The average Bonchev–Trinajstić information content (AvgIpc) is 2.98. The maximum Gasteiger partial charge on any atom is 0.332 e. The van der Waals surface area contributed by atoms with Gasteiger partial charge >= 0.3 is 6.03 Å². The number of imide groups is 1. The summed E-state index contributed by atoms with van der Waals surface area (Å²) < 4.78 is 33.6. The molecule has 0 bridgehead atoms.